The quantitative estimate of drug-likeness (QED) is 0.942. The van der Waals surface area contributed by atoms with Gasteiger partial charge in [-0.1, -0.05) is 30.3 Å². The fraction of sp³-hybridized carbons (Fsp3) is 0.316. The minimum atomic E-state index is -1.24. The number of nitrogens with zero attached hydrogens (tertiary/aromatic N) is 2. The van der Waals surface area contributed by atoms with Crippen molar-refractivity contribution in [1.82, 2.24) is 4.90 Å². The summed E-state index contributed by atoms with van der Waals surface area (Å²) in [6.07, 6.45) is 0.918. The predicted octanol–water partition coefficient (Wildman–Crippen LogP) is 2.36. The maximum absolute atomic E-state index is 11.7. The van der Waals surface area contributed by atoms with Crippen molar-refractivity contribution < 1.29 is 14.6 Å². The van der Waals surface area contributed by atoms with Gasteiger partial charge in [-0.3, -0.25) is 4.99 Å². The molecule has 2 aliphatic rings. The van der Waals surface area contributed by atoms with E-state index in [0.29, 0.717) is 11.5 Å². The van der Waals surface area contributed by atoms with E-state index in [1.165, 1.54) is 0 Å². The standard InChI is InChI=1S/C19H20N2O3/c1-23-16-11-14-15(12-17(16)24-2)19(22,13-7-4-3-5-8-13)21-10-6-9-20-18(14)21/h3-5,7-8,11-12,22H,6,9-10H2,1-2H3. The number of benzene rings is 2. The Labute approximate surface area is 141 Å². The first-order valence-corrected chi connectivity index (χ1v) is 8.07. The Balaban J connectivity index is 2.00. The number of rotatable bonds is 3. The highest BCUT2D eigenvalue weighted by molar-refractivity contribution is 6.05. The third kappa shape index (κ3) is 1.94. The molecule has 24 heavy (non-hydrogen) atoms. The van der Waals surface area contributed by atoms with Crippen molar-refractivity contribution in [1.29, 1.82) is 0 Å². The molecule has 5 heteroatoms. The number of methoxy groups -OCH3 is 2. The van der Waals surface area contributed by atoms with Gasteiger partial charge < -0.3 is 19.5 Å². The van der Waals surface area contributed by atoms with E-state index in [2.05, 4.69) is 4.99 Å². The van der Waals surface area contributed by atoms with Crippen LogP contribution < -0.4 is 9.47 Å². The number of hydrogen-bond acceptors (Lipinski definition) is 5. The lowest BCUT2D eigenvalue weighted by atomic mass is 9.93. The Bertz CT molecular complexity index is 804. The van der Waals surface area contributed by atoms with Crippen molar-refractivity contribution in [2.45, 2.75) is 12.1 Å². The van der Waals surface area contributed by atoms with Gasteiger partial charge in [0.05, 0.1) is 14.2 Å². The summed E-state index contributed by atoms with van der Waals surface area (Å²) in [6, 6.07) is 13.5. The van der Waals surface area contributed by atoms with Crippen LogP contribution in [-0.2, 0) is 5.72 Å². The van der Waals surface area contributed by atoms with Gasteiger partial charge in [-0.05, 0) is 18.6 Å². The number of fused-ring (bicyclic) bond motifs is 3. The first kappa shape index (κ1) is 15.0. The Morgan fingerprint density at radius 2 is 1.79 bits per heavy atom. The summed E-state index contributed by atoms with van der Waals surface area (Å²) in [7, 11) is 3.22. The van der Waals surface area contributed by atoms with E-state index < -0.39 is 5.72 Å². The van der Waals surface area contributed by atoms with Crippen molar-refractivity contribution in [3.63, 3.8) is 0 Å². The molecule has 0 saturated heterocycles. The van der Waals surface area contributed by atoms with Gasteiger partial charge in [0.1, 0.15) is 5.84 Å². The lowest BCUT2D eigenvalue weighted by Crippen LogP contribution is -2.47. The molecule has 1 N–H and O–H groups in total. The van der Waals surface area contributed by atoms with E-state index >= 15 is 0 Å². The highest BCUT2D eigenvalue weighted by Crippen LogP contribution is 2.47. The van der Waals surface area contributed by atoms with Gasteiger partial charge in [0.2, 0.25) is 0 Å². The normalized spacial score (nSPS) is 21.8. The third-order valence-electron chi connectivity index (χ3n) is 4.76. The molecule has 0 spiro atoms. The largest absolute Gasteiger partial charge is 0.493 e. The van der Waals surface area contributed by atoms with Crippen LogP contribution in [0.2, 0.25) is 0 Å². The van der Waals surface area contributed by atoms with Crippen LogP contribution in [-0.4, -0.2) is 43.2 Å². The average Bonchev–Trinajstić information content (AvgIpc) is 2.91. The molecule has 5 nitrogen and oxygen atoms in total. The molecule has 0 amide bonds. The van der Waals surface area contributed by atoms with Crippen LogP contribution in [0.15, 0.2) is 47.5 Å². The van der Waals surface area contributed by atoms with Gasteiger partial charge in [-0.2, -0.15) is 0 Å². The molecule has 2 aromatic rings. The minimum Gasteiger partial charge on any atom is -0.493 e. The van der Waals surface area contributed by atoms with Gasteiger partial charge in [-0.15, -0.1) is 0 Å². The lowest BCUT2D eigenvalue weighted by Gasteiger charge is -2.37. The third-order valence-corrected chi connectivity index (χ3v) is 4.76. The van der Waals surface area contributed by atoms with Crippen molar-refractivity contribution in [2.24, 2.45) is 4.99 Å². The first-order chi connectivity index (χ1) is 11.7. The molecule has 0 aliphatic carbocycles. The van der Waals surface area contributed by atoms with Crippen molar-refractivity contribution in [2.75, 3.05) is 27.3 Å². The topological polar surface area (TPSA) is 54.3 Å². The van der Waals surface area contributed by atoms with Crippen LogP contribution in [0.1, 0.15) is 23.1 Å². The summed E-state index contributed by atoms with van der Waals surface area (Å²) in [5.74, 6) is 2.07. The highest BCUT2D eigenvalue weighted by atomic mass is 16.5. The second-order valence-corrected chi connectivity index (χ2v) is 6.00. The second kappa shape index (κ2) is 5.53. The smallest absolute Gasteiger partial charge is 0.193 e. The Morgan fingerprint density at radius 1 is 1.08 bits per heavy atom. The molecule has 0 bridgehead atoms. The monoisotopic (exact) mass is 324 g/mol. The Hall–Kier alpha value is -2.53. The highest BCUT2D eigenvalue weighted by Gasteiger charge is 2.49. The fourth-order valence-corrected chi connectivity index (χ4v) is 3.63. The number of ether oxygens (including phenoxy) is 2. The molecular formula is C19H20N2O3. The molecule has 124 valence electrons. The molecular weight excluding hydrogens is 304 g/mol. The van der Waals surface area contributed by atoms with E-state index in [9.17, 15) is 5.11 Å². The maximum atomic E-state index is 11.7. The van der Waals surface area contributed by atoms with Crippen molar-refractivity contribution in [3.8, 4) is 11.5 Å². The van der Waals surface area contributed by atoms with E-state index in [1.54, 1.807) is 14.2 Å². The summed E-state index contributed by atoms with van der Waals surface area (Å²) in [6.45, 7) is 1.52. The lowest BCUT2D eigenvalue weighted by molar-refractivity contribution is -0.0319. The molecule has 0 saturated carbocycles. The van der Waals surface area contributed by atoms with Crippen LogP contribution in [0.3, 0.4) is 0 Å². The number of aliphatic imine (C=N–C) groups is 1. The molecule has 0 radical (unpaired) electrons. The molecule has 0 aromatic heterocycles. The summed E-state index contributed by atoms with van der Waals surface area (Å²) < 4.78 is 10.9. The van der Waals surface area contributed by atoms with E-state index in [4.69, 9.17) is 9.47 Å². The Morgan fingerprint density at radius 3 is 2.50 bits per heavy atom. The SMILES string of the molecule is COc1cc2c(cc1OC)C(O)(c1ccccc1)N1CCCN=C21. The summed E-state index contributed by atoms with van der Waals surface area (Å²) >= 11 is 0. The van der Waals surface area contributed by atoms with Gasteiger partial charge in [-0.25, -0.2) is 0 Å². The van der Waals surface area contributed by atoms with Crippen LogP contribution in [0.25, 0.3) is 0 Å². The van der Waals surface area contributed by atoms with Gasteiger partial charge in [0.15, 0.2) is 17.2 Å². The van der Waals surface area contributed by atoms with Crippen LogP contribution >= 0.6 is 0 Å². The van der Waals surface area contributed by atoms with Crippen LogP contribution in [0, 0.1) is 0 Å². The molecule has 1 unspecified atom stereocenters. The molecule has 0 fully saturated rings. The zero-order valence-corrected chi connectivity index (χ0v) is 13.8. The van der Waals surface area contributed by atoms with E-state index in [1.807, 2.05) is 47.4 Å². The summed E-state index contributed by atoms with van der Waals surface area (Å²) in [5, 5.41) is 11.7. The molecule has 2 aromatic carbocycles. The predicted molar refractivity (Wildman–Crippen MR) is 91.7 cm³/mol. The number of amidine groups is 1. The molecule has 1 atom stereocenters. The number of hydrogen-bond donors (Lipinski definition) is 1. The molecule has 2 heterocycles. The van der Waals surface area contributed by atoms with Crippen molar-refractivity contribution in [3.05, 3.63) is 59.2 Å². The van der Waals surface area contributed by atoms with Gasteiger partial charge in [0.25, 0.3) is 0 Å². The van der Waals surface area contributed by atoms with Gasteiger partial charge >= 0.3 is 0 Å². The van der Waals surface area contributed by atoms with E-state index in [-0.39, 0.29) is 0 Å². The molecule has 4 rings (SSSR count). The Kier molecular flexibility index (Phi) is 3.46. The fourth-order valence-electron chi connectivity index (χ4n) is 3.63. The molecule has 2 aliphatic heterocycles. The van der Waals surface area contributed by atoms with E-state index in [0.717, 1.165) is 42.0 Å². The van der Waals surface area contributed by atoms with Crippen LogP contribution in [0.5, 0.6) is 11.5 Å². The zero-order valence-electron chi connectivity index (χ0n) is 13.8. The van der Waals surface area contributed by atoms with Gasteiger partial charge in [0, 0.05) is 29.8 Å². The second-order valence-electron chi connectivity index (χ2n) is 6.00. The average molecular weight is 324 g/mol. The first-order valence-electron chi connectivity index (χ1n) is 8.07. The minimum absolute atomic E-state index is 0.603. The summed E-state index contributed by atoms with van der Waals surface area (Å²) in [5.41, 5.74) is 1.27. The summed E-state index contributed by atoms with van der Waals surface area (Å²) in [4.78, 5) is 6.65. The van der Waals surface area contributed by atoms with Crippen molar-refractivity contribution >= 4 is 5.84 Å². The van der Waals surface area contributed by atoms with Crippen LogP contribution in [0.4, 0.5) is 0 Å². The number of aliphatic hydroxyl groups is 1. The maximum Gasteiger partial charge on any atom is 0.193 e. The zero-order chi connectivity index (χ0) is 16.7.